The van der Waals surface area contributed by atoms with Crippen molar-refractivity contribution < 1.29 is 9.13 Å². The monoisotopic (exact) mass is 446 g/mol. The molecule has 0 atom stereocenters. The third-order valence-corrected chi connectivity index (χ3v) is 6.21. The van der Waals surface area contributed by atoms with Crippen LogP contribution in [0.4, 0.5) is 10.3 Å². The van der Waals surface area contributed by atoms with Crippen LogP contribution in [0.15, 0.2) is 67.1 Å². The topological polar surface area (TPSA) is 77.8 Å². The molecule has 7 nitrogen and oxygen atoms in total. The lowest BCUT2D eigenvalue weighted by Gasteiger charge is -2.09. The van der Waals surface area contributed by atoms with Crippen molar-refractivity contribution >= 4 is 27.4 Å². The second-order valence-electron chi connectivity index (χ2n) is 7.02. The highest BCUT2D eigenvalue weighted by Gasteiger charge is 2.16. The van der Waals surface area contributed by atoms with Crippen LogP contribution in [-0.2, 0) is 6.54 Å². The van der Waals surface area contributed by atoms with Crippen molar-refractivity contribution in [3.8, 4) is 27.4 Å². The molecule has 2 aromatic carbocycles. The summed E-state index contributed by atoms with van der Waals surface area (Å²) >= 11 is 1.50. The lowest BCUT2D eigenvalue weighted by atomic mass is 10.0. The Morgan fingerprint density at radius 2 is 2.00 bits per heavy atom. The van der Waals surface area contributed by atoms with E-state index in [9.17, 15) is 4.39 Å². The van der Waals surface area contributed by atoms with Crippen LogP contribution in [0, 0.1) is 5.82 Å². The van der Waals surface area contributed by atoms with Crippen LogP contribution < -0.4 is 10.1 Å². The minimum atomic E-state index is -0.461. The molecule has 0 amide bonds. The van der Waals surface area contributed by atoms with Gasteiger partial charge in [-0.15, -0.1) is 16.4 Å². The Bertz CT molecular complexity index is 1370. The molecule has 5 rings (SSSR count). The normalized spacial score (nSPS) is 11.1. The van der Waals surface area contributed by atoms with Crippen LogP contribution >= 0.6 is 11.3 Å². The lowest BCUT2D eigenvalue weighted by molar-refractivity contribution is 0.416. The van der Waals surface area contributed by atoms with Crippen molar-refractivity contribution in [1.82, 2.24) is 25.0 Å². The Morgan fingerprint density at radius 1 is 1.12 bits per heavy atom. The Labute approximate surface area is 187 Å². The number of nitrogens with one attached hydrogen (secondary N) is 1. The summed E-state index contributed by atoms with van der Waals surface area (Å²) in [6.45, 7) is 1.14. The summed E-state index contributed by atoms with van der Waals surface area (Å²) in [4.78, 5) is 9.24. The van der Waals surface area contributed by atoms with Gasteiger partial charge in [-0.3, -0.25) is 4.68 Å². The molecule has 1 N–H and O–H groups in total. The van der Waals surface area contributed by atoms with Crippen LogP contribution in [0.5, 0.6) is 5.75 Å². The molecule has 9 heteroatoms. The molecule has 0 fully saturated rings. The molecule has 32 heavy (non-hydrogen) atoms. The molecule has 0 aliphatic carbocycles. The first-order chi connectivity index (χ1) is 15.7. The third kappa shape index (κ3) is 3.90. The molecule has 0 spiro atoms. The molecule has 3 heterocycles. The maximum atomic E-state index is 14.7. The van der Waals surface area contributed by atoms with Gasteiger partial charge in [0, 0.05) is 28.6 Å². The van der Waals surface area contributed by atoms with Crippen molar-refractivity contribution in [3.63, 3.8) is 0 Å². The number of benzene rings is 2. The molecular formula is C23H19FN6OS. The molecule has 0 aliphatic heterocycles. The first kappa shape index (κ1) is 20.1. The highest BCUT2D eigenvalue weighted by Crippen LogP contribution is 2.41. The van der Waals surface area contributed by atoms with Gasteiger partial charge in [-0.25, -0.2) is 14.4 Å². The highest BCUT2D eigenvalue weighted by atomic mass is 32.1. The molecular weight excluding hydrogens is 427 g/mol. The van der Waals surface area contributed by atoms with Gasteiger partial charge in [0.2, 0.25) is 5.95 Å². The zero-order chi connectivity index (χ0) is 21.9. The van der Waals surface area contributed by atoms with Crippen molar-refractivity contribution in [2.75, 3.05) is 19.0 Å². The van der Waals surface area contributed by atoms with Gasteiger partial charge in [0.1, 0.15) is 11.4 Å². The summed E-state index contributed by atoms with van der Waals surface area (Å²) < 4.78 is 23.0. The minimum absolute atomic E-state index is 0.274. The standard InChI is InChI=1S/C23H19FN6OS/c1-31-19-8-3-2-6-16(19)17-7-4-5-15-13-20(32-22(15)17)21-18(24)14-26-23(28-21)25-9-11-30-12-10-27-29-30/h2-8,10,12-14H,9,11H2,1H3,(H,25,26,28). The quantitative estimate of drug-likeness (QED) is 0.384. The summed E-state index contributed by atoms with van der Waals surface area (Å²) in [5, 5.41) is 11.8. The average molecular weight is 447 g/mol. The number of fused-ring (bicyclic) bond motifs is 1. The average Bonchev–Trinajstić information content (AvgIpc) is 3.50. The van der Waals surface area contributed by atoms with Gasteiger partial charge in [0.05, 0.1) is 30.9 Å². The molecule has 0 saturated heterocycles. The summed E-state index contributed by atoms with van der Waals surface area (Å²) in [5.41, 5.74) is 2.31. The fourth-order valence-corrected chi connectivity index (χ4v) is 4.70. The Morgan fingerprint density at radius 3 is 2.84 bits per heavy atom. The van der Waals surface area contributed by atoms with E-state index < -0.39 is 5.82 Å². The molecule has 0 aliphatic rings. The molecule has 3 aromatic heterocycles. The van der Waals surface area contributed by atoms with E-state index in [1.54, 1.807) is 24.2 Å². The fraction of sp³-hybridized carbons (Fsp3) is 0.130. The van der Waals surface area contributed by atoms with E-state index in [0.717, 1.165) is 31.8 Å². The van der Waals surface area contributed by atoms with Crippen LogP contribution in [0.3, 0.4) is 0 Å². The van der Waals surface area contributed by atoms with Gasteiger partial charge in [-0.1, -0.05) is 41.6 Å². The predicted molar refractivity (Wildman–Crippen MR) is 123 cm³/mol. The zero-order valence-corrected chi connectivity index (χ0v) is 18.0. The number of aromatic nitrogens is 5. The number of halogens is 1. The Hall–Kier alpha value is -3.85. The maximum absolute atomic E-state index is 14.7. The van der Waals surface area contributed by atoms with Crippen molar-refractivity contribution in [2.45, 2.75) is 6.54 Å². The summed E-state index contributed by atoms with van der Waals surface area (Å²) in [7, 11) is 1.66. The van der Waals surface area contributed by atoms with E-state index in [4.69, 9.17) is 4.74 Å². The first-order valence-corrected chi connectivity index (χ1v) is 10.8. The van der Waals surface area contributed by atoms with Gasteiger partial charge in [0.15, 0.2) is 5.82 Å². The Kier molecular flexibility index (Phi) is 5.47. The largest absolute Gasteiger partial charge is 0.496 e. The highest BCUT2D eigenvalue weighted by molar-refractivity contribution is 7.22. The number of thiophene rings is 1. The second kappa shape index (κ2) is 8.72. The number of ether oxygens (including phenoxy) is 1. The molecule has 0 radical (unpaired) electrons. The van der Waals surface area contributed by atoms with Gasteiger partial charge >= 0.3 is 0 Å². The first-order valence-electron chi connectivity index (χ1n) is 10.00. The SMILES string of the molecule is COc1ccccc1-c1cccc2cc(-c3nc(NCCn4ccnn4)ncc3F)sc12. The summed E-state index contributed by atoms with van der Waals surface area (Å²) in [6, 6.07) is 15.9. The minimum Gasteiger partial charge on any atom is -0.496 e. The van der Waals surface area contributed by atoms with E-state index in [2.05, 4.69) is 25.6 Å². The summed E-state index contributed by atoms with van der Waals surface area (Å²) in [5.74, 6) is 0.697. The van der Waals surface area contributed by atoms with Gasteiger partial charge in [-0.2, -0.15) is 0 Å². The van der Waals surface area contributed by atoms with Crippen molar-refractivity contribution in [3.05, 3.63) is 72.9 Å². The van der Waals surface area contributed by atoms with E-state index in [0.29, 0.717) is 19.0 Å². The number of hydrogen-bond acceptors (Lipinski definition) is 7. The number of hydrogen-bond donors (Lipinski definition) is 1. The molecule has 0 saturated carbocycles. The number of anilines is 1. The zero-order valence-electron chi connectivity index (χ0n) is 17.2. The van der Waals surface area contributed by atoms with Gasteiger partial charge in [-0.05, 0) is 17.5 Å². The van der Waals surface area contributed by atoms with E-state index in [1.807, 2.05) is 48.5 Å². The van der Waals surface area contributed by atoms with Crippen LogP contribution in [0.2, 0.25) is 0 Å². The summed E-state index contributed by atoms with van der Waals surface area (Å²) in [6.07, 6.45) is 4.59. The van der Waals surface area contributed by atoms with E-state index in [-0.39, 0.29) is 5.69 Å². The molecule has 0 unspecified atom stereocenters. The van der Waals surface area contributed by atoms with E-state index in [1.165, 1.54) is 17.5 Å². The van der Waals surface area contributed by atoms with Crippen molar-refractivity contribution in [2.24, 2.45) is 0 Å². The Balaban J connectivity index is 1.48. The molecule has 0 bridgehead atoms. The second-order valence-corrected chi connectivity index (χ2v) is 8.07. The van der Waals surface area contributed by atoms with Crippen LogP contribution in [0.25, 0.3) is 31.8 Å². The number of methoxy groups -OCH3 is 1. The maximum Gasteiger partial charge on any atom is 0.223 e. The number of rotatable bonds is 7. The predicted octanol–water partition coefficient (Wildman–Crippen LogP) is 4.88. The van der Waals surface area contributed by atoms with E-state index >= 15 is 0 Å². The van der Waals surface area contributed by atoms with Crippen LogP contribution in [0.1, 0.15) is 0 Å². The third-order valence-electron chi connectivity index (χ3n) is 5.01. The lowest BCUT2D eigenvalue weighted by Crippen LogP contribution is -2.13. The number of para-hydroxylation sites is 1. The number of nitrogens with zero attached hydrogens (tertiary/aromatic N) is 5. The smallest absolute Gasteiger partial charge is 0.223 e. The molecule has 5 aromatic rings. The van der Waals surface area contributed by atoms with Gasteiger partial charge < -0.3 is 10.1 Å². The van der Waals surface area contributed by atoms with Crippen molar-refractivity contribution in [1.29, 1.82) is 0 Å². The molecule has 160 valence electrons. The van der Waals surface area contributed by atoms with Crippen LogP contribution in [-0.4, -0.2) is 38.6 Å². The van der Waals surface area contributed by atoms with Gasteiger partial charge in [0.25, 0.3) is 0 Å². The fourth-order valence-electron chi connectivity index (χ4n) is 3.52.